The SMILES string of the molecule is c1ccc(C[n+]2ccn(-c3ccc(-n4cc[n+](Cc5ccccc5)c4)cc3)c2)cc1. The van der Waals surface area contributed by atoms with E-state index in [2.05, 4.69) is 141 Å². The van der Waals surface area contributed by atoms with E-state index in [1.807, 2.05) is 0 Å². The van der Waals surface area contributed by atoms with Crippen molar-refractivity contribution in [3.8, 4) is 11.4 Å². The van der Waals surface area contributed by atoms with Crippen molar-refractivity contribution in [3.05, 3.63) is 133 Å². The molecule has 5 rings (SSSR count). The third-order valence-electron chi connectivity index (χ3n) is 5.24. The monoisotopic (exact) mass is 392 g/mol. The summed E-state index contributed by atoms with van der Waals surface area (Å²) in [4.78, 5) is 0. The molecule has 2 aromatic heterocycles. The maximum absolute atomic E-state index is 2.20. The second kappa shape index (κ2) is 8.21. The number of hydrogen-bond donors (Lipinski definition) is 0. The average Bonchev–Trinajstić information content (AvgIpc) is 3.45. The molecule has 0 aliphatic heterocycles. The lowest BCUT2D eigenvalue weighted by Gasteiger charge is -1.99. The van der Waals surface area contributed by atoms with Crippen LogP contribution in [0.5, 0.6) is 0 Å². The molecule has 146 valence electrons. The van der Waals surface area contributed by atoms with Crippen molar-refractivity contribution in [2.45, 2.75) is 13.1 Å². The summed E-state index contributed by atoms with van der Waals surface area (Å²) in [6.45, 7) is 1.74. The van der Waals surface area contributed by atoms with Crippen molar-refractivity contribution < 1.29 is 9.13 Å². The van der Waals surface area contributed by atoms with Crippen LogP contribution in [0.4, 0.5) is 0 Å². The van der Waals surface area contributed by atoms with Gasteiger partial charge in [-0.2, -0.15) is 0 Å². The van der Waals surface area contributed by atoms with Gasteiger partial charge >= 0.3 is 0 Å². The molecule has 0 saturated heterocycles. The molecule has 5 aromatic rings. The lowest BCUT2D eigenvalue weighted by molar-refractivity contribution is -0.687. The smallest absolute Gasteiger partial charge is 0.232 e. The van der Waals surface area contributed by atoms with Crippen molar-refractivity contribution in [1.82, 2.24) is 9.13 Å². The van der Waals surface area contributed by atoms with E-state index in [0.717, 1.165) is 24.5 Å². The van der Waals surface area contributed by atoms with Crippen LogP contribution in [-0.4, -0.2) is 9.13 Å². The van der Waals surface area contributed by atoms with Gasteiger partial charge in [0.05, 0.1) is 0 Å². The van der Waals surface area contributed by atoms with Crippen LogP contribution >= 0.6 is 0 Å². The Kier molecular flexibility index (Phi) is 4.96. The fourth-order valence-electron chi connectivity index (χ4n) is 3.67. The van der Waals surface area contributed by atoms with Gasteiger partial charge in [0, 0.05) is 0 Å². The first-order valence-electron chi connectivity index (χ1n) is 10.2. The van der Waals surface area contributed by atoms with E-state index in [4.69, 9.17) is 0 Å². The first-order valence-corrected chi connectivity index (χ1v) is 10.2. The minimum absolute atomic E-state index is 0.872. The van der Waals surface area contributed by atoms with Gasteiger partial charge < -0.3 is 0 Å². The first kappa shape index (κ1) is 18.1. The minimum Gasteiger partial charge on any atom is -0.232 e. The predicted octanol–water partition coefficient (Wildman–Crippen LogP) is 3.94. The molecule has 0 saturated carbocycles. The van der Waals surface area contributed by atoms with Gasteiger partial charge in [-0.1, -0.05) is 60.7 Å². The molecule has 0 unspecified atom stereocenters. The molecular formula is C26H24N4+2. The molecule has 3 aromatic carbocycles. The van der Waals surface area contributed by atoms with Crippen LogP contribution in [-0.2, 0) is 13.1 Å². The molecule has 2 heterocycles. The van der Waals surface area contributed by atoms with E-state index in [-0.39, 0.29) is 0 Å². The van der Waals surface area contributed by atoms with Crippen LogP contribution in [0.15, 0.2) is 122 Å². The summed E-state index contributed by atoms with van der Waals surface area (Å²) < 4.78 is 8.69. The molecule has 0 fully saturated rings. The molecular weight excluding hydrogens is 368 g/mol. The summed E-state index contributed by atoms with van der Waals surface area (Å²) in [6.07, 6.45) is 12.7. The molecule has 0 bridgehead atoms. The summed E-state index contributed by atoms with van der Waals surface area (Å²) in [6, 6.07) is 29.7. The first-order chi connectivity index (χ1) is 14.8. The Morgan fingerprint density at radius 2 is 0.900 bits per heavy atom. The zero-order valence-electron chi connectivity index (χ0n) is 16.8. The maximum Gasteiger partial charge on any atom is 0.249 e. The fraction of sp³-hybridized carbons (Fsp3) is 0.0769. The molecule has 0 atom stereocenters. The highest BCUT2D eigenvalue weighted by molar-refractivity contribution is 5.41. The summed E-state index contributed by atoms with van der Waals surface area (Å²) in [5.74, 6) is 0. The van der Waals surface area contributed by atoms with E-state index in [1.54, 1.807) is 0 Å². The highest BCUT2D eigenvalue weighted by Gasteiger charge is 2.10. The third kappa shape index (κ3) is 4.08. The number of hydrogen-bond acceptors (Lipinski definition) is 0. The van der Waals surface area contributed by atoms with Gasteiger partial charge in [-0.3, -0.25) is 0 Å². The van der Waals surface area contributed by atoms with Crippen molar-refractivity contribution in [2.75, 3.05) is 0 Å². The van der Waals surface area contributed by atoms with Gasteiger partial charge in [0.2, 0.25) is 12.7 Å². The predicted molar refractivity (Wildman–Crippen MR) is 117 cm³/mol. The van der Waals surface area contributed by atoms with Crippen LogP contribution < -0.4 is 9.13 Å². The number of rotatable bonds is 6. The highest BCUT2D eigenvalue weighted by atomic mass is 15.1. The van der Waals surface area contributed by atoms with E-state index in [0.29, 0.717) is 0 Å². The number of imidazole rings is 2. The standard InChI is InChI=1S/C26H24N4/c1-3-7-23(8-4-1)19-27-15-17-29(21-27)25-11-13-26(14-12-25)30-18-16-28(22-30)20-24-9-5-2-6-10-24/h1-18,21-22H,19-20H2/q+2. The number of aromatic nitrogens is 4. The van der Waals surface area contributed by atoms with E-state index in [1.165, 1.54) is 11.1 Å². The van der Waals surface area contributed by atoms with Crippen molar-refractivity contribution in [2.24, 2.45) is 0 Å². The van der Waals surface area contributed by atoms with Crippen LogP contribution in [0.25, 0.3) is 11.4 Å². The third-order valence-corrected chi connectivity index (χ3v) is 5.24. The second-order valence-electron chi connectivity index (χ2n) is 7.47. The van der Waals surface area contributed by atoms with Crippen LogP contribution in [0.3, 0.4) is 0 Å². The van der Waals surface area contributed by atoms with E-state index < -0.39 is 0 Å². The fourth-order valence-corrected chi connectivity index (χ4v) is 3.67. The molecule has 4 heteroatoms. The Morgan fingerprint density at radius 3 is 1.30 bits per heavy atom. The quantitative estimate of drug-likeness (QED) is 0.390. The normalized spacial score (nSPS) is 10.9. The van der Waals surface area contributed by atoms with Gasteiger partial charge in [0.25, 0.3) is 0 Å². The van der Waals surface area contributed by atoms with Crippen LogP contribution in [0.2, 0.25) is 0 Å². The second-order valence-corrected chi connectivity index (χ2v) is 7.47. The molecule has 0 spiro atoms. The molecule has 0 aliphatic rings. The summed E-state index contributed by atoms with van der Waals surface area (Å²) in [5.41, 5.74) is 4.89. The topological polar surface area (TPSA) is 17.6 Å². The Hall–Kier alpha value is -3.92. The average molecular weight is 393 g/mol. The number of nitrogens with zero attached hydrogens (tertiary/aromatic N) is 4. The lowest BCUT2D eigenvalue weighted by Crippen LogP contribution is -2.31. The molecule has 4 nitrogen and oxygen atoms in total. The van der Waals surface area contributed by atoms with Crippen LogP contribution in [0, 0.1) is 0 Å². The van der Waals surface area contributed by atoms with Gasteiger partial charge in [0.1, 0.15) is 49.3 Å². The van der Waals surface area contributed by atoms with Gasteiger partial charge in [-0.15, -0.1) is 0 Å². The molecule has 0 aliphatic carbocycles. The van der Waals surface area contributed by atoms with Gasteiger partial charge in [-0.25, -0.2) is 18.3 Å². The molecule has 0 N–H and O–H groups in total. The Morgan fingerprint density at radius 1 is 0.500 bits per heavy atom. The lowest BCUT2D eigenvalue weighted by atomic mass is 10.2. The zero-order chi connectivity index (χ0) is 20.2. The zero-order valence-corrected chi connectivity index (χ0v) is 16.8. The highest BCUT2D eigenvalue weighted by Crippen LogP contribution is 2.12. The Balaban J connectivity index is 1.29. The maximum atomic E-state index is 2.20. The van der Waals surface area contributed by atoms with Crippen molar-refractivity contribution >= 4 is 0 Å². The Labute approximate surface area is 176 Å². The summed E-state index contributed by atoms with van der Waals surface area (Å²) in [5, 5.41) is 0. The summed E-state index contributed by atoms with van der Waals surface area (Å²) in [7, 11) is 0. The van der Waals surface area contributed by atoms with E-state index >= 15 is 0 Å². The Bertz CT molecular complexity index is 1120. The van der Waals surface area contributed by atoms with Gasteiger partial charge in [-0.05, 0) is 35.4 Å². The summed E-state index contributed by atoms with van der Waals surface area (Å²) >= 11 is 0. The molecule has 30 heavy (non-hydrogen) atoms. The van der Waals surface area contributed by atoms with E-state index in [9.17, 15) is 0 Å². The van der Waals surface area contributed by atoms with Crippen molar-refractivity contribution in [1.29, 1.82) is 0 Å². The number of benzene rings is 3. The van der Waals surface area contributed by atoms with Gasteiger partial charge in [0.15, 0.2) is 0 Å². The molecule has 0 amide bonds. The minimum atomic E-state index is 0.872. The largest absolute Gasteiger partial charge is 0.249 e. The molecule has 0 radical (unpaired) electrons. The van der Waals surface area contributed by atoms with Crippen molar-refractivity contribution in [3.63, 3.8) is 0 Å². The van der Waals surface area contributed by atoms with Crippen LogP contribution in [0.1, 0.15) is 11.1 Å².